The lowest BCUT2D eigenvalue weighted by molar-refractivity contribution is -0.131. The Morgan fingerprint density at radius 1 is 1.21 bits per heavy atom. The number of halogens is 2. The number of carbonyl (C=O) groups excluding carboxylic acids is 1. The zero-order valence-electron chi connectivity index (χ0n) is 16.7. The maximum Gasteiger partial charge on any atom is 0.219 e. The second-order valence-corrected chi connectivity index (χ2v) is 8.38. The van der Waals surface area contributed by atoms with Crippen LogP contribution in [-0.4, -0.2) is 41.4 Å². The molecule has 0 saturated carbocycles. The van der Waals surface area contributed by atoms with Crippen molar-refractivity contribution in [3.63, 3.8) is 0 Å². The van der Waals surface area contributed by atoms with Crippen molar-refractivity contribution < 1.29 is 9.18 Å². The predicted molar refractivity (Wildman–Crippen MR) is 112 cm³/mol. The number of likely N-dealkylation sites (tertiary alicyclic amines) is 1. The third-order valence-electron chi connectivity index (χ3n) is 5.60. The first-order chi connectivity index (χ1) is 13.3. The second-order valence-electron chi connectivity index (χ2n) is 7.97. The number of carbonyl (C=O) groups is 1. The van der Waals surface area contributed by atoms with Gasteiger partial charge in [0.25, 0.3) is 0 Å². The lowest BCUT2D eigenvalue weighted by Crippen LogP contribution is -2.40. The molecule has 3 rings (SSSR count). The highest BCUT2D eigenvalue weighted by Crippen LogP contribution is 2.35. The van der Waals surface area contributed by atoms with Crippen molar-refractivity contribution in [3.8, 4) is 0 Å². The van der Waals surface area contributed by atoms with E-state index in [1.807, 2.05) is 49.1 Å². The molecule has 1 aliphatic heterocycles. The zero-order chi connectivity index (χ0) is 20.3. The molecule has 1 heterocycles. The third kappa shape index (κ3) is 4.92. The van der Waals surface area contributed by atoms with Crippen LogP contribution >= 0.6 is 11.6 Å². The Bertz CT molecular complexity index is 826. The summed E-state index contributed by atoms with van der Waals surface area (Å²) in [5.74, 6) is 0.292. The molecule has 2 atom stereocenters. The maximum atomic E-state index is 13.9. The van der Waals surface area contributed by atoms with E-state index >= 15 is 0 Å². The quantitative estimate of drug-likeness (QED) is 0.682. The van der Waals surface area contributed by atoms with E-state index in [1.165, 1.54) is 6.07 Å². The monoisotopic (exact) mass is 402 g/mol. The third-order valence-corrected chi connectivity index (χ3v) is 5.97. The van der Waals surface area contributed by atoms with E-state index < -0.39 is 0 Å². The van der Waals surface area contributed by atoms with Gasteiger partial charge >= 0.3 is 0 Å². The van der Waals surface area contributed by atoms with Crippen molar-refractivity contribution in [2.24, 2.45) is 5.92 Å². The molecule has 0 bridgehead atoms. The van der Waals surface area contributed by atoms with Crippen LogP contribution in [0.25, 0.3) is 0 Å². The minimum Gasteiger partial charge on any atom is -0.340 e. The Labute approximate surface area is 172 Å². The summed E-state index contributed by atoms with van der Waals surface area (Å²) < 4.78 is 13.9. The average Bonchev–Trinajstić information content (AvgIpc) is 3.03. The smallest absolute Gasteiger partial charge is 0.219 e. The van der Waals surface area contributed by atoms with Crippen LogP contribution in [0.5, 0.6) is 0 Å². The second kappa shape index (κ2) is 9.06. The largest absolute Gasteiger partial charge is 0.340 e. The molecular formula is C23H28ClFN2O. The summed E-state index contributed by atoms with van der Waals surface area (Å²) in [4.78, 5) is 16.4. The highest BCUT2D eigenvalue weighted by molar-refractivity contribution is 6.31. The molecule has 0 spiro atoms. The van der Waals surface area contributed by atoms with Gasteiger partial charge in [0.15, 0.2) is 0 Å². The molecule has 2 aromatic carbocycles. The van der Waals surface area contributed by atoms with Gasteiger partial charge in [0, 0.05) is 50.1 Å². The lowest BCUT2D eigenvalue weighted by atomic mass is 9.88. The van der Waals surface area contributed by atoms with Crippen LogP contribution in [0.2, 0.25) is 5.02 Å². The van der Waals surface area contributed by atoms with Gasteiger partial charge in [-0.25, -0.2) is 4.39 Å². The van der Waals surface area contributed by atoms with Crippen molar-refractivity contribution in [1.82, 2.24) is 9.80 Å². The molecule has 0 aliphatic carbocycles. The van der Waals surface area contributed by atoms with Crippen LogP contribution in [0.3, 0.4) is 0 Å². The van der Waals surface area contributed by atoms with Crippen LogP contribution in [0.4, 0.5) is 4.39 Å². The van der Waals surface area contributed by atoms with Gasteiger partial charge < -0.3 is 4.90 Å². The number of rotatable bonds is 6. The molecule has 2 aromatic rings. The van der Waals surface area contributed by atoms with E-state index in [2.05, 4.69) is 4.90 Å². The fraction of sp³-hybridized carbons (Fsp3) is 0.435. The number of nitrogens with zero attached hydrogens (tertiary/aromatic N) is 2. The number of hydrogen-bond donors (Lipinski definition) is 0. The molecule has 0 radical (unpaired) electrons. The molecule has 28 heavy (non-hydrogen) atoms. The van der Waals surface area contributed by atoms with Gasteiger partial charge in [-0.15, -0.1) is 0 Å². The average molecular weight is 403 g/mol. The summed E-state index contributed by atoms with van der Waals surface area (Å²) in [5.41, 5.74) is 2.09. The first kappa shape index (κ1) is 20.8. The zero-order valence-corrected chi connectivity index (χ0v) is 17.5. The first-order valence-corrected chi connectivity index (χ1v) is 10.2. The van der Waals surface area contributed by atoms with Crippen molar-refractivity contribution >= 4 is 17.5 Å². The van der Waals surface area contributed by atoms with E-state index in [4.69, 9.17) is 11.6 Å². The van der Waals surface area contributed by atoms with Crippen molar-refractivity contribution in [3.05, 3.63) is 70.5 Å². The van der Waals surface area contributed by atoms with E-state index in [-0.39, 0.29) is 29.6 Å². The minimum atomic E-state index is -0.215. The van der Waals surface area contributed by atoms with Crippen molar-refractivity contribution in [1.29, 1.82) is 0 Å². The lowest BCUT2D eigenvalue weighted by Gasteiger charge is -2.30. The van der Waals surface area contributed by atoms with Gasteiger partial charge in [0.1, 0.15) is 5.82 Å². The molecular weight excluding hydrogens is 375 g/mol. The van der Waals surface area contributed by atoms with Gasteiger partial charge in [-0.3, -0.25) is 9.69 Å². The first-order valence-electron chi connectivity index (χ1n) is 9.83. The topological polar surface area (TPSA) is 23.6 Å². The fourth-order valence-electron chi connectivity index (χ4n) is 4.21. The summed E-state index contributed by atoms with van der Waals surface area (Å²) >= 11 is 6.35. The Morgan fingerprint density at radius 3 is 2.61 bits per heavy atom. The van der Waals surface area contributed by atoms with Gasteiger partial charge in [-0.1, -0.05) is 41.9 Å². The maximum absolute atomic E-state index is 13.9. The summed E-state index contributed by atoms with van der Waals surface area (Å²) in [7, 11) is 0. The van der Waals surface area contributed by atoms with Crippen LogP contribution in [-0.2, 0) is 11.3 Å². The summed E-state index contributed by atoms with van der Waals surface area (Å²) in [6, 6.07) is 14.9. The van der Waals surface area contributed by atoms with E-state index in [0.29, 0.717) is 6.54 Å². The van der Waals surface area contributed by atoms with Crippen LogP contribution in [0.15, 0.2) is 48.5 Å². The Morgan fingerprint density at radius 2 is 1.96 bits per heavy atom. The van der Waals surface area contributed by atoms with E-state index in [1.54, 1.807) is 19.1 Å². The SMILES string of the molecule is CC(=O)N(CC1CN(Cc2ccccc2Cl)CC1c1cccc(F)c1)C(C)C. The molecule has 5 heteroatoms. The molecule has 0 N–H and O–H groups in total. The standard InChI is InChI=1S/C23H28ClFN2O/c1-16(2)27(17(3)28)14-20-13-26(12-19-7-4-5-10-23(19)24)15-22(20)18-8-6-9-21(25)11-18/h4-11,16,20,22H,12-15H2,1-3H3. The van der Waals surface area contributed by atoms with Gasteiger partial charge in [-0.2, -0.15) is 0 Å². The molecule has 150 valence electrons. The number of hydrogen-bond acceptors (Lipinski definition) is 2. The molecule has 1 aliphatic rings. The van der Waals surface area contributed by atoms with Crippen molar-refractivity contribution in [2.45, 2.75) is 39.3 Å². The number of benzene rings is 2. The molecule has 2 unspecified atom stereocenters. The van der Waals surface area contributed by atoms with Crippen LogP contribution in [0, 0.1) is 11.7 Å². The fourth-order valence-corrected chi connectivity index (χ4v) is 4.41. The normalized spacial score (nSPS) is 19.9. The Kier molecular flexibility index (Phi) is 6.73. The highest BCUT2D eigenvalue weighted by Gasteiger charge is 2.36. The summed E-state index contributed by atoms with van der Waals surface area (Å²) in [5, 5.41) is 0.765. The molecule has 3 nitrogen and oxygen atoms in total. The Balaban J connectivity index is 1.83. The van der Waals surface area contributed by atoms with Gasteiger partial charge in [-0.05, 0) is 49.1 Å². The van der Waals surface area contributed by atoms with Gasteiger partial charge in [0.05, 0.1) is 0 Å². The van der Waals surface area contributed by atoms with Gasteiger partial charge in [0.2, 0.25) is 5.91 Å². The molecule has 1 saturated heterocycles. The number of amides is 1. The van der Waals surface area contributed by atoms with E-state index in [9.17, 15) is 9.18 Å². The molecule has 1 fully saturated rings. The highest BCUT2D eigenvalue weighted by atomic mass is 35.5. The molecule has 1 amide bonds. The minimum absolute atomic E-state index is 0.0811. The predicted octanol–water partition coefficient (Wildman–Crippen LogP) is 4.95. The summed E-state index contributed by atoms with van der Waals surface area (Å²) in [6.45, 7) is 8.79. The molecule has 0 aromatic heterocycles. The van der Waals surface area contributed by atoms with Crippen molar-refractivity contribution in [2.75, 3.05) is 19.6 Å². The van der Waals surface area contributed by atoms with Crippen LogP contribution in [0.1, 0.15) is 37.8 Å². The van der Waals surface area contributed by atoms with E-state index in [0.717, 1.165) is 35.8 Å². The Hall–Kier alpha value is -1.91. The van der Waals surface area contributed by atoms with Crippen LogP contribution < -0.4 is 0 Å². The summed E-state index contributed by atoms with van der Waals surface area (Å²) in [6.07, 6.45) is 0.